The third kappa shape index (κ3) is 3.64. The third-order valence-corrected chi connectivity index (χ3v) is 3.50. The van der Waals surface area contributed by atoms with E-state index in [-0.39, 0.29) is 11.3 Å². The highest BCUT2D eigenvalue weighted by Gasteiger charge is 2.14. The van der Waals surface area contributed by atoms with E-state index in [9.17, 15) is 14.3 Å². The topological polar surface area (TPSA) is 78.3 Å². The standard InChI is InChI=1S/C16H13FN2O3S/c17-10-3-1-2-9(6-10)13(20)8-15(21)18-11-4-5-12-14(7-11)22-16(23)19-12/h1-7,13,20H,8H2,(H,18,21)(H,19,23). The lowest BCUT2D eigenvalue weighted by molar-refractivity contribution is -0.118. The maximum Gasteiger partial charge on any atom is 0.266 e. The van der Waals surface area contributed by atoms with E-state index < -0.39 is 17.8 Å². The molecule has 3 N–H and O–H groups in total. The number of amides is 1. The summed E-state index contributed by atoms with van der Waals surface area (Å²) in [5, 5.41) is 12.7. The minimum absolute atomic E-state index is 0.182. The Labute approximate surface area is 135 Å². The van der Waals surface area contributed by atoms with Gasteiger partial charge in [-0.1, -0.05) is 12.1 Å². The van der Waals surface area contributed by atoms with Crippen LogP contribution in [0.15, 0.2) is 46.9 Å². The van der Waals surface area contributed by atoms with Crippen LogP contribution >= 0.6 is 12.2 Å². The van der Waals surface area contributed by atoms with Crippen LogP contribution in [0.25, 0.3) is 11.1 Å². The highest BCUT2D eigenvalue weighted by molar-refractivity contribution is 7.71. The molecular formula is C16H13FN2O3S. The maximum atomic E-state index is 13.1. The lowest BCUT2D eigenvalue weighted by Crippen LogP contribution is -2.15. The Morgan fingerprint density at radius 1 is 1.35 bits per heavy atom. The number of fused-ring (bicyclic) bond motifs is 1. The molecule has 0 bridgehead atoms. The van der Waals surface area contributed by atoms with Crippen molar-refractivity contribution in [3.8, 4) is 0 Å². The second-order valence-corrected chi connectivity index (χ2v) is 5.42. The maximum absolute atomic E-state index is 13.1. The molecule has 7 heteroatoms. The summed E-state index contributed by atoms with van der Waals surface area (Å²) in [6, 6.07) is 10.6. The molecule has 1 aromatic heterocycles. The number of carbonyl (C=O) groups excluding carboxylic acids is 1. The molecule has 1 heterocycles. The van der Waals surface area contributed by atoms with Gasteiger partial charge in [0.15, 0.2) is 5.58 Å². The number of carbonyl (C=O) groups is 1. The van der Waals surface area contributed by atoms with Gasteiger partial charge in [0.1, 0.15) is 5.82 Å². The number of aliphatic hydroxyl groups excluding tert-OH is 1. The van der Waals surface area contributed by atoms with Gasteiger partial charge >= 0.3 is 0 Å². The van der Waals surface area contributed by atoms with Gasteiger partial charge in [0, 0.05) is 11.8 Å². The van der Waals surface area contributed by atoms with Crippen LogP contribution in [0, 0.1) is 10.7 Å². The Morgan fingerprint density at radius 3 is 2.96 bits per heavy atom. The smallest absolute Gasteiger partial charge is 0.266 e. The average Bonchev–Trinajstić information content (AvgIpc) is 2.86. The first-order valence-electron chi connectivity index (χ1n) is 6.87. The lowest BCUT2D eigenvalue weighted by Gasteiger charge is -2.11. The summed E-state index contributed by atoms with van der Waals surface area (Å²) in [4.78, 5) is 15.1. The van der Waals surface area contributed by atoms with Crippen LogP contribution in [0.5, 0.6) is 0 Å². The van der Waals surface area contributed by atoms with Crippen LogP contribution < -0.4 is 5.32 Å². The Bertz CT molecular complexity index is 919. The van der Waals surface area contributed by atoms with Gasteiger partial charge in [-0.05, 0) is 42.0 Å². The summed E-state index contributed by atoms with van der Waals surface area (Å²) >= 11 is 4.89. The Kier molecular flexibility index (Phi) is 4.22. The summed E-state index contributed by atoms with van der Waals surface area (Å²) in [5.41, 5.74) is 2.13. The third-order valence-electron chi connectivity index (χ3n) is 3.32. The number of benzene rings is 2. The number of hydrogen-bond acceptors (Lipinski definition) is 4. The molecule has 23 heavy (non-hydrogen) atoms. The second-order valence-electron chi connectivity index (χ2n) is 5.05. The first kappa shape index (κ1) is 15.4. The molecule has 0 radical (unpaired) electrons. The van der Waals surface area contributed by atoms with E-state index in [1.807, 2.05) is 0 Å². The quantitative estimate of drug-likeness (QED) is 0.637. The molecule has 0 saturated carbocycles. The summed E-state index contributed by atoms with van der Waals surface area (Å²) in [6.07, 6.45) is -1.26. The number of oxazole rings is 1. The molecule has 118 valence electrons. The molecule has 0 aliphatic carbocycles. The van der Waals surface area contributed by atoms with Crippen molar-refractivity contribution in [3.63, 3.8) is 0 Å². The van der Waals surface area contributed by atoms with Gasteiger partial charge in [0.2, 0.25) is 5.91 Å². The first-order chi connectivity index (χ1) is 11.0. The number of hydrogen-bond donors (Lipinski definition) is 3. The largest absolute Gasteiger partial charge is 0.429 e. The Balaban J connectivity index is 1.69. The number of H-pyrrole nitrogens is 1. The minimum atomic E-state index is -1.08. The van der Waals surface area contributed by atoms with Crippen molar-refractivity contribution in [2.45, 2.75) is 12.5 Å². The minimum Gasteiger partial charge on any atom is -0.429 e. The van der Waals surface area contributed by atoms with Crippen LogP contribution in [0.4, 0.5) is 10.1 Å². The molecule has 1 amide bonds. The van der Waals surface area contributed by atoms with Crippen molar-refractivity contribution in [1.82, 2.24) is 4.98 Å². The highest BCUT2D eigenvalue weighted by Crippen LogP contribution is 2.21. The number of aromatic nitrogens is 1. The Hall–Kier alpha value is -2.51. The number of nitrogens with one attached hydrogen (secondary N) is 2. The number of aliphatic hydroxyl groups is 1. The van der Waals surface area contributed by atoms with Crippen molar-refractivity contribution in [2.24, 2.45) is 0 Å². The second kappa shape index (κ2) is 6.31. The number of halogens is 1. The fraction of sp³-hybridized carbons (Fsp3) is 0.125. The molecule has 0 saturated heterocycles. The summed E-state index contributed by atoms with van der Waals surface area (Å²) in [5.74, 6) is -0.851. The van der Waals surface area contributed by atoms with Gasteiger partial charge < -0.3 is 19.8 Å². The van der Waals surface area contributed by atoms with E-state index in [4.69, 9.17) is 16.6 Å². The molecule has 1 atom stereocenters. The van der Waals surface area contributed by atoms with E-state index >= 15 is 0 Å². The van der Waals surface area contributed by atoms with E-state index in [2.05, 4.69) is 10.3 Å². The van der Waals surface area contributed by atoms with E-state index in [0.717, 1.165) is 5.52 Å². The zero-order chi connectivity index (χ0) is 16.4. The Morgan fingerprint density at radius 2 is 2.17 bits per heavy atom. The molecule has 5 nitrogen and oxygen atoms in total. The first-order valence-corrected chi connectivity index (χ1v) is 7.28. The molecule has 0 fully saturated rings. The van der Waals surface area contributed by atoms with E-state index in [1.54, 1.807) is 24.3 Å². The fourth-order valence-electron chi connectivity index (χ4n) is 2.24. The number of anilines is 1. The van der Waals surface area contributed by atoms with Crippen LogP contribution in [-0.4, -0.2) is 16.0 Å². The lowest BCUT2D eigenvalue weighted by atomic mass is 10.1. The van der Waals surface area contributed by atoms with E-state index in [0.29, 0.717) is 16.8 Å². The van der Waals surface area contributed by atoms with Crippen LogP contribution in [-0.2, 0) is 4.79 Å². The van der Waals surface area contributed by atoms with Crippen LogP contribution in [0.3, 0.4) is 0 Å². The molecule has 2 aromatic carbocycles. The molecule has 3 rings (SSSR count). The highest BCUT2D eigenvalue weighted by atomic mass is 32.1. The summed E-state index contributed by atoms with van der Waals surface area (Å²) in [6.45, 7) is 0. The van der Waals surface area contributed by atoms with E-state index in [1.165, 1.54) is 18.2 Å². The van der Waals surface area contributed by atoms with Crippen molar-refractivity contribution in [1.29, 1.82) is 0 Å². The van der Waals surface area contributed by atoms with Crippen molar-refractivity contribution in [2.75, 3.05) is 5.32 Å². The van der Waals surface area contributed by atoms with Gasteiger partial charge in [-0.25, -0.2) is 4.39 Å². The van der Waals surface area contributed by atoms with Gasteiger partial charge in [0.05, 0.1) is 18.0 Å². The van der Waals surface area contributed by atoms with Crippen molar-refractivity contribution >= 4 is 34.9 Å². The monoisotopic (exact) mass is 332 g/mol. The van der Waals surface area contributed by atoms with Gasteiger partial charge in [-0.3, -0.25) is 4.79 Å². The summed E-state index contributed by atoms with van der Waals surface area (Å²) < 4.78 is 18.4. The molecule has 1 unspecified atom stereocenters. The SMILES string of the molecule is O=C(CC(O)c1cccc(F)c1)Nc1ccc2[nH]c(=S)oc2c1. The molecule has 0 spiro atoms. The van der Waals surface area contributed by atoms with Gasteiger partial charge in [0.25, 0.3) is 4.84 Å². The van der Waals surface area contributed by atoms with Crippen molar-refractivity contribution < 1.29 is 18.7 Å². The normalized spacial score (nSPS) is 12.3. The van der Waals surface area contributed by atoms with Crippen LogP contribution in [0.1, 0.15) is 18.1 Å². The predicted molar refractivity (Wildman–Crippen MR) is 86.0 cm³/mol. The summed E-state index contributed by atoms with van der Waals surface area (Å²) in [7, 11) is 0. The van der Waals surface area contributed by atoms with Gasteiger partial charge in [-0.15, -0.1) is 0 Å². The molecule has 0 aliphatic rings. The predicted octanol–water partition coefficient (Wildman–Crippen LogP) is 3.69. The average molecular weight is 332 g/mol. The molecule has 0 aliphatic heterocycles. The number of rotatable bonds is 4. The number of aromatic amines is 1. The van der Waals surface area contributed by atoms with Crippen molar-refractivity contribution in [3.05, 3.63) is 58.7 Å². The fourth-order valence-corrected chi connectivity index (χ4v) is 2.44. The van der Waals surface area contributed by atoms with Crippen LogP contribution in [0.2, 0.25) is 0 Å². The molecule has 3 aromatic rings. The molecular weight excluding hydrogens is 319 g/mol. The van der Waals surface area contributed by atoms with Gasteiger partial charge in [-0.2, -0.15) is 0 Å². The zero-order valence-electron chi connectivity index (χ0n) is 11.9. The zero-order valence-corrected chi connectivity index (χ0v) is 12.7.